The van der Waals surface area contributed by atoms with Crippen LogP contribution >= 0.6 is 0 Å². The lowest BCUT2D eigenvalue weighted by molar-refractivity contribution is 0.0968. The fourth-order valence-corrected chi connectivity index (χ4v) is 4.86. The maximum Gasteiger partial charge on any atom is 0.304 e. The second-order valence-corrected chi connectivity index (χ2v) is 8.50. The van der Waals surface area contributed by atoms with Gasteiger partial charge in [0.2, 0.25) is 0 Å². The molecule has 5 nitrogen and oxygen atoms in total. The van der Waals surface area contributed by atoms with Crippen LogP contribution in [0.4, 0.5) is 0 Å². The van der Waals surface area contributed by atoms with Gasteiger partial charge in [-0.15, -0.1) is 0 Å². The zero-order chi connectivity index (χ0) is 20.1. The van der Waals surface area contributed by atoms with Gasteiger partial charge < -0.3 is 0 Å². The highest BCUT2D eigenvalue weighted by Gasteiger charge is 2.43. The predicted molar refractivity (Wildman–Crippen MR) is 108 cm³/mol. The van der Waals surface area contributed by atoms with Gasteiger partial charge in [0.25, 0.3) is 5.91 Å². The maximum atomic E-state index is 13.1. The van der Waals surface area contributed by atoms with E-state index in [0.717, 1.165) is 18.4 Å². The van der Waals surface area contributed by atoms with E-state index in [2.05, 4.69) is 18.6 Å². The van der Waals surface area contributed by atoms with E-state index in [9.17, 15) is 13.2 Å². The van der Waals surface area contributed by atoms with Gasteiger partial charge in [0.1, 0.15) is 0 Å². The van der Waals surface area contributed by atoms with Crippen molar-refractivity contribution in [2.75, 3.05) is 7.05 Å². The Bertz CT molecular complexity index is 850. The summed E-state index contributed by atoms with van der Waals surface area (Å²) in [6.45, 7) is 6.03. The highest BCUT2D eigenvalue weighted by molar-refractivity contribution is 7.87. The van der Waals surface area contributed by atoms with E-state index in [-0.39, 0.29) is 5.92 Å². The molecular weight excluding hydrogens is 360 g/mol. The van der Waals surface area contributed by atoms with Crippen molar-refractivity contribution in [1.29, 1.82) is 0 Å². The van der Waals surface area contributed by atoms with Gasteiger partial charge in [-0.05, 0) is 30.5 Å². The Morgan fingerprint density at radius 3 is 1.96 bits per heavy atom. The quantitative estimate of drug-likeness (QED) is 0.745. The van der Waals surface area contributed by atoms with Gasteiger partial charge in [0, 0.05) is 12.6 Å². The van der Waals surface area contributed by atoms with Crippen LogP contribution in [0, 0.1) is 5.92 Å². The van der Waals surface area contributed by atoms with Crippen molar-refractivity contribution in [2.24, 2.45) is 5.92 Å². The van der Waals surface area contributed by atoms with Crippen molar-refractivity contribution in [2.45, 2.75) is 39.2 Å². The molecule has 0 saturated carbocycles. The molecule has 0 aliphatic heterocycles. The summed E-state index contributed by atoms with van der Waals surface area (Å²) in [4.78, 5) is 12.4. The molecule has 1 unspecified atom stereocenters. The number of carbonyl (C=O) groups is 1. The third-order valence-electron chi connectivity index (χ3n) is 5.41. The van der Waals surface area contributed by atoms with E-state index in [0.29, 0.717) is 5.56 Å². The topological polar surface area (TPSA) is 66.5 Å². The van der Waals surface area contributed by atoms with E-state index in [4.69, 9.17) is 0 Å². The van der Waals surface area contributed by atoms with Crippen molar-refractivity contribution < 1.29 is 13.2 Å². The molecule has 146 valence electrons. The lowest BCUT2D eigenvalue weighted by Gasteiger charge is -2.43. The number of hydrogen-bond donors (Lipinski definition) is 1. The number of rotatable bonds is 8. The number of amides is 1. The van der Waals surface area contributed by atoms with Gasteiger partial charge in [0.15, 0.2) is 0 Å². The molecular formula is C21H28N2O3S. The molecule has 0 bridgehead atoms. The van der Waals surface area contributed by atoms with Crippen LogP contribution in [0.5, 0.6) is 0 Å². The Morgan fingerprint density at radius 1 is 1.00 bits per heavy atom. The van der Waals surface area contributed by atoms with Crippen LogP contribution in [0.25, 0.3) is 0 Å². The molecule has 0 fully saturated rings. The first kappa shape index (κ1) is 21.1. The average Bonchev–Trinajstić information content (AvgIpc) is 2.69. The van der Waals surface area contributed by atoms with Gasteiger partial charge in [-0.3, -0.25) is 4.79 Å². The average molecular weight is 389 g/mol. The van der Waals surface area contributed by atoms with Crippen LogP contribution in [0.3, 0.4) is 0 Å². The van der Waals surface area contributed by atoms with Crippen molar-refractivity contribution in [3.05, 3.63) is 71.8 Å². The van der Waals surface area contributed by atoms with E-state index in [1.54, 1.807) is 30.3 Å². The van der Waals surface area contributed by atoms with Crippen molar-refractivity contribution >= 4 is 16.1 Å². The lowest BCUT2D eigenvalue weighted by atomic mass is 9.77. The maximum absolute atomic E-state index is 13.1. The van der Waals surface area contributed by atoms with Crippen LogP contribution < -0.4 is 4.72 Å². The molecule has 1 atom stereocenters. The minimum atomic E-state index is -4.04. The molecule has 1 N–H and O–H groups in total. The molecule has 6 heteroatoms. The summed E-state index contributed by atoms with van der Waals surface area (Å²) < 4.78 is 29.6. The summed E-state index contributed by atoms with van der Waals surface area (Å²) in [6.07, 6.45) is 1.63. The van der Waals surface area contributed by atoms with E-state index >= 15 is 0 Å². The van der Waals surface area contributed by atoms with Crippen LogP contribution in [0.15, 0.2) is 60.7 Å². The van der Waals surface area contributed by atoms with Crippen molar-refractivity contribution in [3.8, 4) is 0 Å². The molecule has 0 heterocycles. The molecule has 0 saturated heterocycles. The molecule has 0 spiro atoms. The Balaban J connectivity index is 2.42. The SMILES string of the molecule is CCC(CC)C(C)(c1ccccc1)N(C)S(=O)(=O)NC(=O)c1ccccc1. The van der Waals surface area contributed by atoms with E-state index < -0.39 is 21.7 Å². The Kier molecular flexibility index (Phi) is 6.78. The number of nitrogens with one attached hydrogen (secondary N) is 1. The van der Waals surface area contributed by atoms with Gasteiger partial charge in [0.05, 0.1) is 5.54 Å². The minimum absolute atomic E-state index is 0.0910. The van der Waals surface area contributed by atoms with E-state index in [1.807, 2.05) is 37.3 Å². The smallest absolute Gasteiger partial charge is 0.268 e. The molecule has 2 aromatic carbocycles. The number of nitrogens with zero attached hydrogens (tertiary/aromatic N) is 1. The van der Waals surface area contributed by atoms with Crippen LogP contribution in [0.2, 0.25) is 0 Å². The van der Waals surface area contributed by atoms with Gasteiger partial charge in [-0.1, -0.05) is 75.2 Å². The number of carbonyl (C=O) groups excluding carboxylic acids is 1. The normalized spacial score (nSPS) is 14.1. The van der Waals surface area contributed by atoms with Gasteiger partial charge in [-0.2, -0.15) is 12.7 Å². The predicted octanol–water partition coefficient (Wildman–Crippen LogP) is 3.94. The fraction of sp³-hybridized carbons (Fsp3) is 0.381. The Labute approximate surface area is 162 Å². The minimum Gasteiger partial charge on any atom is -0.268 e. The zero-order valence-corrected chi connectivity index (χ0v) is 17.2. The summed E-state index contributed by atoms with van der Waals surface area (Å²) >= 11 is 0. The Hall–Kier alpha value is -2.18. The van der Waals surface area contributed by atoms with Gasteiger partial charge >= 0.3 is 10.2 Å². The monoisotopic (exact) mass is 388 g/mol. The van der Waals surface area contributed by atoms with Crippen LogP contribution in [-0.4, -0.2) is 25.7 Å². The second-order valence-electron chi connectivity index (χ2n) is 6.80. The standard InChI is InChI=1S/C21H28N2O3S/c1-5-18(6-2)21(3,19-15-11-8-12-16-19)23(4)27(25,26)22-20(24)17-13-9-7-10-14-17/h7-16,18H,5-6H2,1-4H3,(H,22,24). The summed E-state index contributed by atoms with van der Waals surface area (Å²) in [6, 6.07) is 17.9. The number of hydrogen-bond acceptors (Lipinski definition) is 3. The third-order valence-corrected chi connectivity index (χ3v) is 6.95. The summed E-state index contributed by atoms with van der Waals surface area (Å²) in [7, 11) is -2.51. The second kappa shape index (κ2) is 8.67. The molecule has 0 aliphatic carbocycles. The molecule has 2 rings (SSSR count). The third kappa shape index (κ3) is 4.39. The summed E-state index contributed by atoms with van der Waals surface area (Å²) in [5.41, 5.74) is 0.422. The molecule has 27 heavy (non-hydrogen) atoms. The summed E-state index contributed by atoms with van der Waals surface area (Å²) in [5, 5.41) is 0. The number of benzene rings is 2. The molecule has 0 aromatic heterocycles. The molecule has 0 radical (unpaired) electrons. The van der Waals surface area contributed by atoms with Gasteiger partial charge in [-0.25, -0.2) is 4.72 Å². The fourth-order valence-electron chi connectivity index (χ4n) is 3.62. The first-order chi connectivity index (χ1) is 12.8. The molecule has 0 aliphatic rings. The Morgan fingerprint density at radius 2 is 1.48 bits per heavy atom. The zero-order valence-electron chi connectivity index (χ0n) is 16.3. The summed E-state index contributed by atoms with van der Waals surface area (Å²) in [5.74, 6) is -0.546. The first-order valence-electron chi connectivity index (χ1n) is 9.19. The molecule has 1 amide bonds. The largest absolute Gasteiger partial charge is 0.304 e. The lowest BCUT2D eigenvalue weighted by Crippen LogP contribution is -2.54. The first-order valence-corrected chi connectivity index (χ1v) is 10.6. The molecule has 2 aromatic rings. The van der Waals surface area contributed by atoms with Crippen LogP contribution in [0.1, 0.15) is 49.5 Å². The van der Waals surface area contributed by atoms with Crippen molar-refractivity contribution in [3.63, 3.8) is 0 Å². The highest BCUT2D eigenvalue weighted by Crippen LogP contribution is 2.40. The van der Waals surface area contributed by atoms with E-state index in [1.165, 1.54) is 11.4 Å². The highest BCUT2D eigenvalue weighted by atomic mass is 32.2. The van der Waals surface area contributed by atoms with Crippen molar-refractivity contribution in [1.82, 2.24) is 9.03 Å². The van der Waals surface area contributed by atoms with Crippen LogP contribution in [-0.2, 0) is 15.7 Å².